The maximum atomic E-state index is 12.8. The van der Waals surface area contributed by atoms with Crippen LogP contribution in [0.1, 0.15) is 0 Å². The van der Waals surface area contributed by atoms with Gasteiger partial charge in [0.1, 0.15) is 0 Å². The normalized spacial score (nSPS) is 15.0. The van der Waals surface area contributed by atoms with Crippen molar-refractivity contribution in [2.24, 2.45) is 0 Å². The number of ether oxygens (including phenoxy) is 3. The second-order valence-corrected chi connectivity index (χ2v) is 3.95. The van der Waals surface area contributed by atoms with Crippen LogP contribution in [-0.4, -0.2) is 48.7 Å². The lowest BCUT2D eigenvalue weighted by Crippen LogP contribution is -2.58. The summed E-state index contributed by atoms with van der Waals surface area (Å²) in [5, 5.41) is 0. The van der Waals surface area contributed by atoms with Gasteiger partial charge in [-0.15, -0.1) is 0 Å². The van der Waals surface area contributed by atoms with E-state index in [4.69, 9.17) is 0 Å². The zero-order chi connectivity index (χ0) is 22.3. The van der Waals surface area contributed by atoms with Crippen LogP contribution in [0.25, 0.3) is 0 Å². The van der Waals surface area contributed by atoms with Crippen LogP contribution in [0.2, 0.25) is 0 Å². The molecule has 0 fully saturated rings. The van der Waals surface area contributed by atoms with E-state index in [1.165, 1.54) is 4.74 Å². The van der Waals surface area contributed by atoms with E-state index in [0.29, 0.717) is 0 Å². The number of alkyl halides is 12. The zero-order valence-corrected chi connectivity index (χ0v) is 11.3. The average Bonchev–Trinajstić information content (AvgIpc) is 2.33. The quantitative estimate of drug-likeness (QED) is 0.383. The maximum absolute atomic E-state index is 12.8. The summed E-state index contributed by atoms with van der Waals surface area (Å²) in [6, 6.07) is -8.33. The van der Waals surface area contributed by atoms with Crippen molar-refractivity contribution in [3.63, 3.8) is 0 Å². The highest BCUT2D eigenvalue weighted by Gasteiger charge is 2.75. The van der Waals surface area contributed by atoms with E-state index in [0.717, 1.165) is 0 Å². The highest BCUT2D eigenvalue weighted by molar-refractivity contribution is 5.74. The molecular formula is C8F14O5. The van der Waals surface area contributed by atoms with Gasteiger partial charge in [0.2, 0.25) is 0 Å². The molecule has 0 aromatic carbocycles. The third-order valence-electron chi connectivity index (χ3n) is 1.90. The number of halogens is 14. The molecule has 0 heterocycles. The third-order valence-corrected chi connectivity index (χ3v) is 1.90. The smallest absolute Gasteiger partial charge is 0.251 e. The Bertz CT molecular complexity index is 536. The van der Waals surface area contributed by atoms with Crippen LogP contribution in [0.5, 0.6) is 0 Å². The van der Waals surface area contributed by atoms with Crippen molar-refractivity contribution in [1.29, 1.82) is 0 Å². The summed E-state index contributed by atoms with van der Waals surface area (Å²) in [7, 11) is 0. The summed E-state index contributed by atoms with van der Waals surface area (Å²) in [6.45, 7) is 0. The van der Waals surface area contributed by atoms with E-state index in [1.807, 2.05) is 0 Å². The van der Waals surface area contributed by atoms with E-state index in [1.54, 1.807) is 9.47 Å². The SMILES string of the molecule is O=C(F)C(F)(F)OC(F)(F)C(F)(F)OC(F)(F)C(F)(F)OC(F)(F)C(=O)F. The second-order valence-electron chi connectivity index (χ2n) is 3.95. The first-order valence-electron chi connectivity index (χ1n) is 5.28. The summed E-state index contributed by atoms with van der Waals surface area (Å²) in [6.07, 6.45) is -41.7. The molecule has 27 heavy (non-hydrogen) atoms. The van der Waals surface area contributed by atoms with Gasteiger partial charge in [0.05, 0.1) is 0 Å². The number of hydrogen-bond acceptors (Lipinski definition) is 5. The van der Waals surface area contributed by atoms with Crippen molar-refractivity contribution >= 4 is 12.1 Å². The fraction of sp³-hybridized carbons (Fsp3) is 0.750. The van der Waals surface area contributed by atoms with E-state index in [2.05, 4.69) is 0 Å². The molecule has 0 aliphatic carbocycles. The molecule has 0 bridgehead atoms. The lowest BCUT2D eigenvalue weighted by molar-refractivity contribution is -0.552. The van der Waals surface area contributed by atoms with E-state index in [-0.39, 0.29) is 0 Å². The number of carbonyl (C=O) groups is 2. The molecular weight excluding hydrogens is 442 g/mol. The molecule has 0 spiro atoms. The molecule has 0 unspecified atom stereocenters. The molecule has 0 rings (SSSR count). The fourth-order valence-electron chi connectivity index (χ4n) is 0.801. The summed E-state index contributed by atoms with van der Waals surface area (Å²) in [5.74, 6) is 0. The van der Waals surface area contributed by atoms with Gasteiger partial charge in [-0.1, -0.05) is 0 Å². The summed E-state index contributed by atoms with van der Waals surface area (Å²) >= 11 is 0. The van der Waals surface area contributed by atoms with Gasteiger partial charge in [-0.3, -0.25) is 9.59 Å². The van der Waals surface area contributed by atoms with Crippen molar-refractivity contribution < 1.29 is 85.3 Å². The Labute approximate surface area is 135 Å². The Morgan fingerprint density at radius 1 is 0.444 bits per heavy atom. The summed E-state index contributed by atoms with van der Waals surface area (Å²) < 4.78 is 178. The molecule has 19 heteroatoms. The van der Waals surface area contributed by atoms with Gasteiger partial charge in [-0.2, -0.15) is 61.5 Å². The number of carbonyl (C=O) groups excluding carboxylic acids is 2. The molecule has 0 saturated carbocycles. The predicted molar refractivity (Wildman–Crippen MR) is 45.2 cm³/mol. The van der Waals surface area contributed by atoms with Gasteiger partial charge in [0.25, 0.3) is 0 Å². The van der Waals surface area contributed by atoms with Crippen LogP contribution in [0.4, 0.5) is 61.5 Å². The first kappa shape index (κ1) is 25.2. The molecule has 0 N–H and O–H groups in total. The molecule has 5 nitrogen and oxygen atoms in total. The fourth-order valence-corrected chi connectivity index (χ4v) is 0.801. The summed E-state index contributed by atoms with van der Waals surface area (Å²) in [5.41, 5.74) is 0. The van der Waals surface area contributed by atoms with Gasteiger partial charge < -0.3 is 0 Å². The number of rotatable bonds is 10. The largest absolute Gasteiger partial charge is 0.453 e. The Morgan fingerprint density at radius 3 is 0.815 bits per heavy atom. The van der Waals surface area contributed by atoms with Crippen molar-refractivity contribution in [3.8, 4) is 0 Å². The second kappa shape index (κ2) is 7.00. The molecule has 0 atom stereocenters. The minimum atomic E-state index is -7.29. The lowest BCUT2D eigenvalue weighted by atomic mass is 10.5. The van der Waals surface area contributed by atoms with Crippen LogP contribution >= 0.6 is 0 Å². The predicted octanol–water partition coefficient (Wildman–Crippen LogP) is 3.59. The van der Waals surface area contributed by atoms with Crippen molar-refractivity contribution in [2.45, 2.75) is 36.7 Å². The average molecular weight is 442 g/mol. The van der Waals surface area contributed by atoms with Gasteiger partial charge >= 0.3 is 48.7 Å². The van der Waals surface area contributed by atoms with Crippen LogP contribution in [0.15, 0.2) is 0 Å². The van der Waals surface area contributed by atoms with E-state index >= 15 is 0 Å². The molecule has 0 radical (unpaired) electrons. The lowest BCUT2D eigenvalue weighted by Gasteiger charge is -2.33. The Kier molecular flexibility index (Phi) is 6.55. The highest BCUT2D eigenvalue weighted by atomic mass is 19.4. The molecule has 0 saturated heterocycles. The maximum Gasteiger partial charge on any atom is 0.453 e. The van der Waals surface area contributed by atoms with Gasteiger partial charge in [0.15, 0.2) is 0 Å². The monoisotopic (exact) mass is 442 g/mol. The van der Waals surface area contributed by atoms with E-state index in [9.17, 15) is 71.1 Å². The van der Waals surface area contributed by atoms with Crippen LogP contribution in [0.3, 0.4) is 0 Å². The number of hydrogen-bond donors (Lipinski definition) is 0. The Hall–Kier alpha value is -1.76. The molecule has 0 amide bonds. The van der Waals surface area contributed by atoms with Crippen LogP contribution in [0, 0.1) is 0 Å². The third kappa shape index (κ3) is 5.61. The Morgan fingerprint density at radius 2 is 0.630 bits per heavy atom. The van der Waals surface area contributed by atoms with Gasteiger partial charge in [0, 0.05) is 0 Å². The standard InChI is InChI=1S/C8F14O5/c9-1(23)3(11,12)25-5(15,16)7(19,20)27-8(21,22)6(17,18)26-4(13,14)2(10)24. The summed E-state index contributed by atoms with van der Waals surface area (Å²) in [4.78, 5) is 19.1. The highest BCUT2D eigenvalue weighted by Crippen LogP contribution is 2.48. The molecule has 160 valence electrons. The molecule has 0 aliphatic rings. The van der Waals surface area contributed by atoms with Gasteiger partial charge in [-0.25, -0.2) is 14.2 Å². The molecule has 0 aliphatic heterocycles. The molecule has 0 aromatic heterocycles. The van der Waals surface area contributed by atoms with Gasteiger partial charge in [-0.05, 0) is 0 Å². The first-order valence-corrected chi connectivity index (χ1v) is 5.28. The topological polar surface area (TPSA) is 61.8 Å². The van der Waals surface area contributed by atoms with Crippen molar-refractivity contribution in [1.82, 2.24) is 0 Å². The van der Waals surface area contributed by atoms with Crippen LogP contribution < -0.4 is 0 Å². The van der Waals surface area contributed by atoms with Crippen molar-refractivity contribution in [3.05, 3.63) is 0 Å². The molecule has 0 aromatic rings. The minimum Gasteiger partial charge on any atom is -0.251 e. The zero-order valence-electron chi connectivity index (χ0n) is 11.3. The first-order chi connectivity index (χ1) is 11.5. The van der Waals surface area contributed by atoms with E-state index < -0.39 is 48.7 Å². The Balaban J connectivity index is 5.67. The minimum absolute atomic E-state index is 1.46. The van der Waals surface area contributed by atoms with Crippen molar-refractivity contribution in [2.75, 3.05) is 0 Å². The van der Waals surface area contributed by atoms with Crippen LogP contribution in [-0.2, 0) is 23.8 Å².